The molecule has 0 aliphatic carbocycles. The molecule has 2 rings (SSSR count). The molecule has 0 radical (unpaired) electrons. The van der Waals surface area contributed by atoms with Crippen molar-refractivity contribution in [2.75, 3.05) is 39.2 Å². The van der Waals surface area contributed by atoms with Gasteiger partial charge in [-0.15, -0.1) is 0 Å². The van der Waals surface area contributed by atoms with Gasteiger partial charge in [0, 0.05) is 12.8 Å². The Morgan fingerprint density at radius 1 is 1.30 bits per heavy atom. The molecule has 1 aromatic rings. The van der Waals surface area contributed by atoms with Crippen molar-refractivity contribution in [1.82, 2.24) is 5.32 Å². The standard InChI is InChI=1S/C16H21ClN2O4/c1-22-10-16(5-7-18-8-6-16)15(21)19-11-3-4-12(13(17)9-11)14(20)23-2/h3-4,9,18H,5-8,10H2,1-2H3,(H,19,21). The second-order valence-corrected chi connectivity index (χ2v) is 6.01. The smallest absolute Gasteiger partial charge is 0.339 e. The topological polar surface area (TPSA) is 76.7 Å². The van der Waals surface area contributed by atoms with E-state index >= 15 is 0 Å². The van der Waals surface area contributed by atoms with Gasteiger partial charge in [-0.2, -0.15) is 0 Å². The number of carbonyl (C=O) groups is 2. The van der Waals surface area contributed by atoms with E-state index in [1.807, 2.05) is 0 Å². The molecule has 0 bridgehead atoms. The summed E-state index contributed by atoms with van der Waals surface area (Å²) in [7, 11) is 2.89. The van der Waals surface area contributed by atoms with Gasteiger partial charge in [-0.25, -0.2) is 4.79 Å². The van der Waals surface area contributed by atoms with Gasteiger partial charge in [0.25, 0.3) is 0 Å². The van der Waals surface area contributed by atoms with E-state index in [0.717, 1.165) is 13.1 Å². The molecule has 1 saturated heterocycles. The highest BCUT2D eigenvalue weighted by molar-refractivity contribution is 6.34. The number of ether oxygens (including phenoxy) is 2. The molecule has 1 aliphatic heterocycles. The fraction of sp³-hybridized carbons (Fsp3) is 0.500. The molecule has 0 unspecified atom stereocenters. The minimum atomic E-state index is -0.548. The van der Waals surface area contributed by atoms with Gasteiger partial charge in [-0.1, -0.05) is 11.6 Å². The molecule has 0 saturated carbocycles. The van der Waals surface area contributed by atoms with Crippen molar-refractivity contribution in [3.05, 3.63) is 28.8 Å². The van der Waals surface area contributed by atoms with Gasteiger partial charge >= 0.3 is 5.97 Å². The second-order valence-electron chi connectivity index (χ2n) is 5.60. The minimum absolute atomic E-state index is 0.0947. The van der Waals surface area contributed by atoms with Crippen LogP contribution in [0.4, 0.5) is 5.69 Å². The van der Waals surface area contributed by atoms with Gasteiger partial charge in [0.15, 0.2) is 0 Å². The van der Waals surface area contributed by atoms with E-state index in [0.29, 0.717) is 25.1 Å². The normalized spacial score (nSPS) is 16.7. The van der Waals surface area contributed by atoms with Crippen LogP contribution < -0.4 is 10.6 Å². The molecule has 0 aromatic heterocycles. The van der Waals surface area contributed by atoms with Crippen molar-refractivity contribution >= 4 is 29.2 Å². The molecule has 1 fully saturated rings. The Bertz CT molecular complexity index is 580. The molecule has 23 heavy (non-hydrogen) atoms. The molecular formula is C16H21ClN2O4. The summed E-state index contributed by atoms with van der Waals surface area (Å²) in [6, 6.07) is 4.72. The maximum atomic E-state index is 12.7. The first-order chi connectivity index (χ1) is 11.0. The summed E-state index contributed by atoms with van der Waals surface area (Å²) in [6.45, 7) is 1.92. The van der Waals surface area contributed by atoms with Crippen molar-refractivity contribution in [1.29, 1.82) is 0 Å². The third-order valence-electron chi connectivity index (χ3n) is 4.10. The molecule has 1 aliphatic rings. The van der Waals surface area contributed by atoms with Crippen molar-refractivity contribution in [3.63, 3.8) is 0 Å². The Hall–Kier alpha value is -1.63. The van der Waals surface area contributed by atoms with Crippen molar-refractivity contribution in [3.8, 4) is 0 Å². The van der Waals surface area contributed by atoms with E-state index in [9.17, 15) is 9.59 Å². The van der Waals surface area contributed by atoms with Crippen LogP contribution >= 0.6 is 11.6 Å². The fourth-order valence-corrected chi connectivity index (χ4v) is 3.01. The summed E-state index contributed by atoms with van der Waals surface area (Å²) < 4.78 is 9.90. The molecule has 6 nitrogen and oxygen atoms in total. The first kappa shape index (κ1) is 17.7. The number of esters is 1. The summed E-state index contributed by atoms with van der Waals surface area (Å²) in [5.41, 5.74) is 0.260. The zero-order valence-corrected chi connectivity index (χ0v) is 14.0. The summed E-state index contributed by atoms with van der Waals surface area (Å²) in [5.74, 6) is -0.607. The zero-order valence-electron chi connectivity index (χ0n) is 13.3. The predicted octanol–water partition coefficient (Wildman–Crippen LogP) is 2.08. The van der Waals surface area contributed by atoms with E-state index in [1.54, 1.807) is 19.2 Å². The van der Waals surface area contributed by atoms with Crippen LogP contribution in [0, 0.1) is 5.41 Å². The van der Waals surface area contributed by atoms with E-state index in [-0.39, 0.29) is 16.5 Å². The lowest BCUT2D eigenvalue weighted by atomic mass is 9.78. The van der Waals surface area contributed by atoms with Gasteiger partial charge in [0.2, 0.25) is 5.91 Å². The molecule has 0 atom stereocenters. The Balaban J connectivity index is 2.15. The number of carbonyl (C=O) groups excluding carboxylic acids is 2. The van der Waals surface area contributed by atoms with Gasteiger partial charge in [0.1, 0.15) is 0 Å². The van der Waals surface area contributed by atoms with Crippen LogP contribution in [0.2, 0.25) is 5.02 Å². The van der Waals surface area contributed by atoms with Crippen molar-refractivity contribution in [2.45, 2.75) is 12.8 Å². The molecule has 1 heterocycles. The number of anilines is 1. The van der Waals surface area contributed by atoms with Crippen LogP contribution in [0.5, 0.6) is 0 Å². The SMILES string of the molecule is COCC1(C(=O)Nc2ccc(C(=O)OC)c(Cl)c2)CCNCC1. The Kier molecular flexibility index (Phi) is 5.98. The number of benzene rings is 1. The molecule has 1 amide bonds. The lowest BCUT2D eigenvalue weighted by Gasteiger charge is -2.35. The monoisotopic (exact) mass is 340 g/mol. The van der Waals surface area contributed by atoms with Gasteiger partial charge < -0.3 is 20.1 Å². The minimum Gasteiger partial charge on any atom is -0.465 e. The average molecular weight is 341 g/mol. The van der Waals surface area contributed by atoms with Crippen LogP contribution in [0.3, 0.4) is 0 Å². The van der Waals surface area contributed by atoms with Crippen LogP contribution in [-0.2, 0) is 14.3 Å². The number of hydrogen-bond acceptors (Lipinski definition) is 5. The van der Waals surface area contributed by atoms with Gasteiger partial charge in [0.05, 0.1) is 29.7 Å². The predicted molar refractivity (Wildman–Crippen MR) is 87.8 cm³/mol. The third kappa shape index (κ3) is 4.02. The number of nitrogens with one attached hydrogen (secondary N) is 2. The van der Waals surface area contributed by atoms with Crippen molar-refractivity contribution in [2.24, 2.45) is 5.41 Å². The van der Waals surface area contributed by atoms with Crippen LogP contribution in [0.15, 0.2) is 18.2 Å². The Labute approximate surface area is 140 Å². The quantitative estimate of drug-likeness (QED) is 0.803. The molecule has 2 N–H and O–H groups in total. The van der Waals surface area contributed by atoms with E-state index in [4.69, 9.17) is 16.3 Å². The summed E-state index contributed by atoms with van der Waals surface area (Å²) in [4.78, 5) is 24.2. The summed E-state index contributed by atoms with van der Waals surface area (Å²) in [6.07, 6.45) is 1.42. The van der Waals surface area contributed by atoms with Gasteiger partial charge in [-0.3, -0.25) is 4.79 Å². The van der Waals surface area contributed by atoms with Crippen LogP contribution in [0.1, 0.15) is 23.2 Å². The summed E-state index contributed by atoms with van der Waals surface area (Å²) >= 11 is 6.08. The Morgan fingerprint density at radius 2 is 2.00 bits per heavy atom. The largest absolute Gasteiger partial charge is 0.465 e. The third-order valence-corrected chi connectivity index (χ3v) is 4.41. The number of piperidine rings is 1. The first-order valence-corrected chi connectivity index (χ1v) is 7.79. The average Bonchev–Trinajstić information content (AvgIpc) is 2.55. The number of methoxy groups -OCH3 is 2. The summed E-state index contributed by atoms with van der Waals surface area (Å²) in [5, 5.41) is 6.36. The zero-order chi connectivity index (χ0) is 16.9. The van der Waals surface area contributed by atoms with Gasteiger partial charge in [-0.05, 0) is 44.1 Å². The number of hydrogen-bond donors (Lipinski definition) is 2. The van der Waals surface area contributed by atoms with Crippen LogP contribution in [-0.4, -0.2) is 45.8 Å². The van der Waals surface area contributed by atoms with E-state index < -0.39 is 11.4 Å². The van der Waals surface area contributed by atoms with E-state index in [1.165, 1.54) is 13.2 Å². The number of amides is 1. The molecule has 0 spiro atoms. The maximum Gasteiger partial charge on any atom is 0.339 e. The maximum absolute atomic E-state index is 12.7. The molecule has 7 heteroatoms. The highest BCUT2D eigenvalue weighted by Crippen LogP contribution is 2.31. The number of rotatable bonds is 5. The molecule has 1 aromatic carbocycles. The fourth-order valence-electron chi connectivity index (χ4n) is 2.75. The van der Waals surface area contributed by atoms with Crippen LogP contribution in [0.25, 0.3) is 0 Å². The highest BCUT2D eigenvalue weighted by atomic mass is 35.5. The molecule has 126 valence electrons. The lowest BCUT2D eigenvalue weighted by molar-refractivity contribution is -0.130. The molecular weight excluding hydrogens is 320 g/mol. The Morgan fingerprint density at radius 3 is 2.57 bits per heavy atom. The second kappa shape index (κ2) is 7.77. The number of halogens is 1. The lowest BCUT2D eigenvalue weighted by Crippen LogP contribution is -2.47. The first-order valence-electron chi connectivity index (χ1n) is 7.41. The van der Waals surface area contributed by atoms with Crippen molar-refractivity contribution < 1.29 is 19.1 Å². The van der Waals surface area contributed by atoms with E-state index in [2.05, 4.69) is 15.4 Å². The highest BCUT2D eigenvalue weighted by Gasteiger charge is 2.39.